The minimum absolute atomic E-state index is 0.158. The fourth-order valence-electron chi connectivity index (χ4n) is 3.94. The third kappa shape index (κ3) is 3.98. The van der Waals surface area contributed by atoms with Crippen LogP contribution < -0.4 is 10.6 Å². The zero-order valence-electron chi connectivity index (χ0n) is 17.6. The fourth-order valence-corrected chi connectivity index (χ4v) is 5.46. The van der Waals surface area contributed by atoms with Crippen molar-refractivity contribution in [3.8, 4) is 0 Å². The topological polar surface area (TPSA) is 116 Å². The number of nitrogens with one attached hydrogen (secondary N) is 2. The van der Waals surface area contributed by atoms with Gasteiger partial charge in [0.1, 0.15) is 12.1 Å². The standard InChI is InChI=1S/C22H24N4O5S/c1-22(16-7-3-2-4-8-16)20(28)26(21(29)24-22)15-19(27)23-17-9-11-18(12-10-17)32(30,31)25-13-5-6-14-25/h2-4,7-12H,5-6,13-15H2,1H3,(H,23,27)(H,24,29). The highest BCUT2D eigenvalue weighted by Crippen LogP contribution is 2.28. The van der Waals surface area contributed by atoms with E-state index in [9.17, 15) is 22.8 Å². The van der Waals surface area contributed by atoms with Crippen LogP contribution in [0.3, 0.4) is 0 Å². The molecule has 10 heteroatoms. The molecule has 0 aliphatic carbocycles. The lowest BCUT2D eigenvalue weighted by atomic mass is 9.92. The average Bonchev–Trinajstić information content (AvgIpc) is 3.40. The minimum Gasteiger partial charge on any atom is -0.325 e. The molecule has 2 aliphatic rings. The molecule has 0 saturated carbocycles. The molecule has 2 fully saturated rings. The summed E-state index contributed by atoms with van der Waals surface area (Å²) in [6, 6.07) is 14.0. The van der Waals surface area contributed by atoms with Gasteiger partial charge >= 0.3 is 6.03 Å². The molecule has 2 N–H and O–H groups in total. The lowest BCUT2D eigenvalue weighted by Gasteiger charge is -2.22. The van der Waals surface area contributed by atoms with Gasteiger partial charge in [0.15, 0.2) is 0 Å². The maximum Gasteiger partial charge on any atom is 0.325 e. The number of carbonyl (C=O) groups is 3. The van der Waals surface area contributed by atoms with Crippen molar-refractivity contribution in [2.24, 2.45) is 0 Å². The predicted molar refractivity (Wildman–Crippen MR) is 117 cm³/mol. The van der Waals surface area contributed by atoms with Crippen molar-refractivity contribution in [1.82, 2.24) is 14.5 Å². The van der Waals surface area contributed by atoms with Crippen LogP contribution in [0.15, 0.2) is 59.5 Å². The van der Waals surface area contributed by atoms with Gasteiger partial charge in [-0.05, 0) is 49.6 Å². The number of carbonyl (C=O) groups excluding carboxylic acids is 3. The molecule has 1 atom stereocenters. The number of rotatable bonds is 6. The summed E-state index contributed by atoms with van der Waals surface area (Å²) in [5.41, 5.74) is -0.256. The summed E-state index contributed by atoms with van der Waals surface area (Å²) < 4.78 is 26.6. The number of nitrogens with zero attached hydrogens (tertiary/aromatic N) is 2. The molecule has 0 radical (unpaired) electrons. The van der Waals surface area contributed by atoms with E-state index >= 15 is 0 Å². The molecule has 9 nitrogen and oxygen atoms in total. The van der Waals surface area contributed by atoms with Crippen molar-refractivity contribution in [2.45, 2.75) is 30.2 Å². The van der Waals surface area contributed by atoms with Crippen molar-refractivity contribution in [3.63, 3.8) is 0 Å². The lowest BCUT2D eigenvalue weighted by molar-refractivity contribution is -0.133. The highest BCUT2D eigenvalue weighted by atomic mass is 32.2. The molecule has 2 aliphatic heterocycles. The van der Waals surface area contributed by atoms with Crippen LogP contribution in [0.1, 0.15) is 25.3 Å². The number of sulfonamides is 1. The van der Waals surface area contributed by atoms with Crippen LogP contribution in [-0.4, -0.2) is 55.1 Å². The molecular formula is C22H24N4O5S. The summed E-state index contributed by atoms with van der Waals surface area (Å²) in [5.74, 6) is -1.09. The van der Waals surface area contributed by atoms with Crippen molar-refractivity contribution in [2.75, 3.05) is 25.0 Å². The Hall–Kier alpha value is -3.24. The van der Waals surface area contributed by atoms with Gasteiger partial charge in [0.05, 0.1) is 4.90 Å². The number of anilines is 1. The molecule has 0 spiro atoms. The molecule has 4 rings (SSSR count). The number of hydrogen-bond acceptors (Lipinski definition) is 5. The van der Waals surface area contributed by atoms with Gasteiger partial charge in [-0.3, -0.25) is 14.5 Å². The third-order valence-electron chi connectivity index (χ3n) is 5.77. The van der Waals surface area contributed by atoms with Crippen LogP contribution in [0.2, 0.25) is 0 Å². The van der Waals surface area contributed by atoms with Gasteiger partial charge in [0.2, 0.25) is 15.9 Å². The normalized spacial score (nSPS) is 21.6. The maximum absolute atomic E-state index is 12.9. The summed E-state index contributed by atoms with van der Waals surface area (Å²) in [6.07, 6.45) is 1.69. The Morgan fingerprint density at radius 3 is 2.28 bits per heavy atom. The highest BCUT2D eigenvalue weighted by Gasteiger charge is 2.49. The van der Waals surface area contributed by atoms with Crippen molar-refractivity contribution >= 4 is 33.6 Å². The van der Waals surface area contributed by atoms with Gasteiger partial charge in [-0.25, -0.2) is 13.2 Å². The Labute approximate surface area is 186 Å². The van der Waals surface area contributed by atoms with Gasteiger partial charge in [0.25, 0.3) is 5.91 Å². The molecule has 1 unspecified atom stereocenters. The van der Waals surface area contributed by atoms with Gasteiger partial charge in [0, 0.05) is 18.8 Å². The van der Waals surface area contributed by atoms with E-state index < -0.39 is 40.0 Å². The number of amides is 4. The molecule has 2 heterocycles. The zero-order chi connectivity index (χ0) is 22.9. The lowest BCUT2D eigenvalue weighted by Crippen LogP contribution is -2.42. The molecule has 4 amide bonds. The second kappa shape index (κ2) is 8.36. The van der Waals surface area contributed by atoms with Crippen LogP contribution in [0.25, 0.3) is 0 Å². The number of benzene rings is 2. The van der Waals surface area contributed by atoms with Crippen LogP contribution >= 0.6 is 0 Å². The van der Waals surface area contributed by atoms with E-state index in [0.717, 1.165) is 17.7 Å². The predicted octanol–water partition coefficient (Wildman–Crippen LogP) is 1.88. The van der Waals surface area contributed by atoms with E-state index in [0.29, 0.717) is 24.3 Å². The van der Waals surface area contributed by atoms with E-state index in [1.807, 2.05) is 0 Å². The largest absolute Gasteiger partial charge is 0.325 e. The Bertz CT molecular complexity index is 1140. The molecule has 0 bridgehead atoms. The fraction of sp³-hybridized carbons (Fsp3) is 0.318. The number of urea groups is 1. The van der Waals surface area contributed by atoms with Crippen LogP contribution in [0.5, 0.6) is 0 Å². The maximum atomic E-state index is 12.9. The van der Waals surface area contributed by atoms with E-state index in [4.69, 9.17) is 0 Å². The Kier molecular flexibility index (Phi) is 5.74. The summed E-state index contributed by atoms with van der Waals surface area (Å²) in [6.45, 7) is 2.16. The van der Waals surface area contributed by atoms with Gasteiger partial charge in [-0.15, -0.1) is 0 Å². The van der Waals surface area contributed by atoms with E-state index in [1.54, 1.807) is 37.3 Å². The van der Waals surface area contributed by atoms with Crippen LogP contribution in [0.4, 0.5) is 10.5 Å². The van der Waals surface area contributed by atoms with Crippen molar-refractivity contribution in [1.29, 1.82) is 0 Å². The molecule has 2 saturated heterocycles. The Morgan fingerprint density at radius 2 is 1.66 bits per heavy atom. The van der Waals surface area contributed by atoms with E-state index in [-0.39, 0.29) is 4.90 Å². The summed E-state index contributed by atoms with van der Waals surface area (Å²) in [5, 5.41) is 5.26. The first-order valence-electron chi connectivity index (χ1n) is 10.3. The second-order valence-electron chi connectivity index (χ2n) is 8.00. The van der Waals surface area contributed by atoms with E-state index in [1.165, 1.54) is 28.6 Å². The van der Waals surface area contributed by atoms with Crippen molar-refractivity contribution in [3.05, 3.63) is 60.2 Å². The molecular weight excluding hydrogens is 432 g/mol. The van der Waals surface area contributed by atoms with Gasteiger partial charge in [-0.2, -0.15) is 4.31 Å². The molecule has 2 aromatic rings. The molecule has 32 heavy (non-hydrogen) atoms. The first-order chi connectivity index (χ1) is 15.2. The minimum atomic E-state index is -3.54. The highest BCUT2D eigenvalue weighted by molar-refractivity contribution is 7.89. The first kappa shape index (κ1) is 22.0. The SMILES string of the molecule is CC1(c2ccccc2)NC(=O)N(CC(=O)Nc2ccc(S(=O)(=O)N3CCCC3)cc2)C1=O. The van der Waals surface area contributed by atoms with Crippen LogP contribution in [-0.2, 0) is 25.2 Å². The quantitative estimate of drug-likeness (QED) is 0.644. The third-order valence-corrected chi connectivity index (χ3v) is 7.68. The summed E-state index contributed by atoms with van der Waals surface area (Å²) in [7, 11) is -3.54. The van der Waals surface area contributed by atoms with E-state index in [2.05, 4.69) is 10.6 Å². The second-order valence-corrected chi connectivity index (χ2v) is 9.93. The summed E-state index contributed by atoms with van der Waals surface area (Å²) in [4.78, 5) is 38.8. The van der Waals surface area contributed by atoms with Gasteiger partial charge in [-0.1, -0.05) is 30.3 Å². The average molecular weight is 457 g/mol. The monoisotopic (exact) mass is 456 g/mol. The van der Waals surface area contributed by atoms with Gasteiger partial charge < -0.3 is 10.6 Å². The number of imide groups is 1. The first-order valence-corrected chi connectivity index (χ1v) is 11.8. The molecule has 168 valence electrons. The smallest absolute Gasteiger partial charge is 0.325 e. The Balaban J connectivity index is 1.42. The molecule has 2 aromatic carbocycles. The zero-order valence-corrected chi connectivity index (χ0v) is 18.4. The van der Waals surface area contributed by atoms with Crippen molar-refractivity contribution < 1.29 is 22.8 Å². The van der Waals surface area contributed by atoms with Crippen LogP contribution in [0, 0.1) is 0 Å². The number of hydrogen-bond donors (Lipinski definition) is 2. The molecule has 0 aromatic heterocycles. The Morgan fingerprint density at radius 1 is 1.03 bits per heavy atom. The summed E-state index contributed by atoms with van der Waals surface area (Å²) >= 11 is 0.